The minimum Gasteiger partial charge on any atom is -0.348 e. The van der Waals surface area contributed by atoms with Crippen LogP contribution in [-0.4, -0.2) is 13.2 Å². The van der Waals surface area contributed by atoms with Gasteiger partial charge < -0.3 is 9.47 Å². The fourth-order valence-corrected chi connectivity index (χ4v) is 4.32. The summed E-state index contributed by atoms with van der Waals surface area (Å²) in [5.74, 6) is 5.99. The minimum absolute atomic E-state index is 0.139. The quantitative estimate of drug-likeness (QED) is 0.384. The fourth-order valence-electron chi connectivity index (χ4n) is 4.32. The van der Waals surface area contributed by atoms with Crippen LogP contribution in [0.1, 0.15) is 89.1 Å². The zero-order valence-corrected chi connectivity index (χ0v) is 17.8. The van der Waals surface area contributed by atoms with Crippen LogP contribution in [0.4, 0.5) is 8.78 Å². The highest BCUT2D eigenvalue weighted by molar-refractivity contribution is 5.40. The van der Waals surface area contributed by atoms with Gasteiger partial charge in [-0.1, -0.05) is 51.4 Å². The van der Waals surface area contributed by atoms with Crippen LogP contribution >= 0.6 is 0 Å². The molecular formula is C25H34F2O2. The molecule has 0 aromatic heterocycles. The van der Waals surface area contributed by atoms with Crippen molar-refractivity contribution in [1.29, 1.82) is 0 Å². The molecule has 4 heteroatoms. The topological polar surface area (TPSA) is 18.5 Å². The molecule has 3 rings (SSSR count). The van der Waals surface area contributed by atoms with Gasteiger partial charge in [-0.15, -0.1) is 0 Å². The number of hydrogen-bond donors (Lipinski definition) is 0. The highest BCUT2D eigenvalue weighted by Crippen LogP contribution is 2.31. The van der Waals surface area contributed by atoms with Gasteiger partial charge in [0.15, 0.2) is 6.29 Å². The van der Waals surface area contributed by atoms with Gasteiger partial charge >= 0.3 is 0 Å². The molecule has 1 aromatic carbocycles. The van der Waals surface area contributed by atoms with Gasteiger partial charge in [-0.05, 0) is 50.2 Å². The van der Waals surface area contributed by atoms with Crippen molar-refractivity contribution in [2.24, 2.45) is 17.8 Å². The molecule has 0 bridgehead atoms. The van der Waals surface area contributed by atoms with Gasteiger partial charge in [0.2, 0.25) is 0 Å². The van der Waals surface area contributed by atoms with E-state index in [4.69, 9.17) is 9.47 Å². The van der Waals surface area contributed by atoms with E-state index >= 15 is 0 Å². The zero-order valence-electron chi connectivity index (χ0n) is 17.8. The summed E-state index contributed by atoms with van der Waals surface area (Å²) in [6.07, 6.45) is 9.50. The minimum atomic E-state index is -0.701. The highest BCUT2D eigenvalue weighted by atomic mass is 19.1. The standard InChI is InChI=1S/C25H34F2O2/c1-3-5-6-7-20-16-28-25(29-17-20)21-14-23(26)22(24(27)15-21)13-12-19-10-8-18(4-2)9-11-19/h14-15,18-20,25H,3-11,16-17H2,1-2H3/t18?,19?,20-,25-. The smallest absolute Gasteiger partial charge is 0.184 e. The average molecular weight is 405 g/mol. The summed E-state index contributed by atoms with van der Waals surface area (Å²) in [6, 6.07) is 2.62. The monoisotopic (exact) mass is 404 g/mol. The van der Waals surface area contributed by atoms with Crippen molar-refractivity contribution in [3.63, 3.8) is 0 Å². The van der Waals surface area contributed by atoms with Crippen LogP contribution in [0.5, 0.6) is 0 Å². The van der Waals surface area contributed by atoms with E-state index in [1.807, 2.05) is 0 Å². The highest BCUT2D eigenvalue weighted by Gasteiger charge is 2.25. The van der Waals surface area contributed by atoms with Crippen LogP contribution in [0.25, 0.3) is 0 Å². The van der Waals surface area contributed by atoms with E-state index in [1.54, 1.807) is 0 Å². The average Bonchev–Trinajstić information content (AvgIpc) is 2.74. The number of hydrogen-bond acceptors (Lipinski definition) is 2. The Balaban J connectivity index is 1.58. The van der Waals surface area contributed by atoms with Gasteiger partial charge in [0.05, 0.1) is 18.8 Å². The normalized spacial score (nSPS) is 27.3. The molecule has 1 aliphatic heterocycles. The van der Waals surface area contributed by atoms with Crippen molar-refractivity contribution in [2.75, 3.05) is 13.2 Å². The summed E-state index contributed by atoms with van der Waals surface area (Å²) in [7, 11) is 0. The van der Waals surface area contributed by atoms with Crippen molar-refractivity contribution in [1.82, 2.24) is 0 Å². The van der Waals surface area contributed by atoms with E-state index in [2.05, 4.69) is 25.7 Å². The first-order chi connectivity index (χ1) is 14.1. The predicted octanol–water partition coefficient (Wildman–Crippen LogP) is 6.77. The molecule has 1 saturated heterocycles. The van der Waals surface area contributed by atoms with Gasteiger partial charge in [-0.2, -0.15) is 0 Å². The zero-order chi connectivity index (χ0) is 20.6. The number of unbranched alkanes of at least 4 members (excludes halogenated alkanes) is 2. The number of benzene rings is 1. The lowest BCUT2D eigenvalue weighted by atomic mass is 9.81. The lowest BCUT2D eigenvalue weighted by Crippen LogP contribution is -2.27. The number of halogens is 2. The molecule has 2 aliphatic rings. The second kappa shape index (κ2) is 11.1. The Morgan fingerprint density at radius 1 is 0.931 bits per heavy atom. The summed E-state index contributed by atoms with van der Waals surface area (Å²) in [6.45, 7) is 5.53. The second-order valence-electron chi connectivity index (χ2n) is 8.62. The first-order valence-corrected chi connectivity index (χ1v) is 11.3. The van der Waals surface area contributed by atoms with E-state index in [-0.39, 0.29) is 11.5 Å². The summed E-state index contributed by atoms with van der Waals surface area (Å²) in [4.78, 5) is 0. The van der Waals surface area contributed by atoms with Crippen LogP contribution in [0.15, 0.2) is 12.1 Å². The van der Waals surface area contributed by atoms with Crippen LogP contribution in [0.3, 0.4) is 0 Å². The first kappa shape index (κ1) is 22.2. The van der Waals surface area contributed by atoms with Crippen molar-refractivity contribution >= 4 is 0 Å². The molecule has 0 N–H and O–H groups in total. The molecule has 1 aromatic rings. The van der Waals surface area contributed by atoms with E-state index in [0.29, 0.717) is 24.7 Å². The van der Waals surface area contributed by atoms with Gasteiger partial charge in [0.1, 0.15) is 11.6 Å². The Morgan fingerprint density at radius 3 is 2.17 bits per heavy atom. The molecule has 0 radical (unpaired) electrons. The molecule has 29 heavy (non-hydrogen) atoms. The molecule has 160 valence electrons. The molecule has 1 saturated carbocycles. The van der Waals surface area contributed by atoms with E-state index in [9.17, 15) is 8.78 Å². The molecule has 0 unspecified atom stereocenters. The Labute approximate surface area is 174 Å². The first-order valence-electron chi connectivity index (χ1n) is 11.3. The maximum atomic E-state index is 14.6. The van der Waals surface area contributed by atoms with Crippen LogP contribution in [-0.2, 0) is 9.47 Å². The van der Waals surface area contributed by atoms with Gasteiger partial charge in [-0.3, -0.25) is 0 Å². The third-order valence-corrected chi connectivity index (χ3v) is 6.34. The third-order valence-electron chi connectivity index (χ3n) is 6.34. The summed E-state index contributed by atoms with van der Waals surface area (Å²) < 4.78 is 40.6. The van der Waals surface area contributed by atoms with Crippen molar-refractivity contribution in [3.05, 3.63) is 34.9 Å². The van der Waals surface area contributed by atoms with Crippen LogP contribution in [0, 0.1) is 41.2 Å². The molecular weight excluding hydrogens is 370 g/mol. The molecule has 1 aliphatic carbocycles. The van der Waals surface area contributed by atoms with Crippen LogP contribution in [0.2, 0.25) is 0 Å². The molecule has 0 atom stereocenters. The van der Waals surface area contributed by atoms with Crippen molar-refractivity contribution < 1.29 is 18.3 Å². The Hall–Kier alpha value is -1.44. The van der Waals surface area contributed by atoms with E-state index < -0.39 is 17.9 Å². The summed E-state index contributed by atoms with van der Waals surface area (Å²) >= 11 is 0. The van der Waals surface area contributed by atoms with Gasteiger partial charge in [0.25, 0.3) is 0 Å². The third kappa shape index (κ3) is 6.27. The maximum Gasteiger partial charge on any atom is 0.184 e. The lowest BCUT2D eigenvalue weighted by Gasteiger charge is -2.29. The second-order valence-corrected chi connectivity index (χ2v) is 8.62. The van der Waals surface area contributed by atoms with Crippen molar-refractivity contribution in [2.45, 2.75) is 77.9 Å². The van der Waals surface area contributed by atoms with Crippen LogP contribution < -0.4 is 0 Å². The Bertz CT molecular complexity index is 682. The fraction of sp³-hybridized carbons (Fsp3) is 0.680. The number of rotatable bonds is 6. The maximum absolute atomic E-state index is 14.6. The molecule has 2 nitrogen and oxygen atoms in total. The SMILES string of the molecule is CCCCC[C@H]1CO[C@H](c2cc(F)c(C#CC3CCC(CC)CC3)c(F)c2)OC1. The van der Waals surface area contributed by atoms with E-state index in [0.717, 1.165) is 44.4 Å². The Kier molecular flexibility index (Phi) is 8.51. The Morgan fingerprint density at radius 2 is 1.59 bits per heavy atom. The predicted molar refractivity (Wildman–Crippen MR) is 111 cm³/mol. The number of ether oxygens (including phenoxy) is 2. The summed E-state index contributed by atoms with van der Waals surface area (Å²) in [5, 5.41) is 0. The molecule has 2 fully saturated rings. The summed E-state index contributed by atoms with van der Waals surface area (Å²) in [5.41, 5.74) is 0.251. The van der Waals surface area contributed by atoms with E-state index in [1.165, 1.54) is 31.4 Å². The van der Waals surface area contributed by atoms with Crippen molar-refractivity contribution in [3.8, 4) is 11.8 Å². The molecule has 1 heterocycles. The molecule has 0 spiro atoms. The lowest BCUT2D eigenvalue weighted by molar-refractivity contribution is -0.206. The largest absolute Gasteiger partial charge is 0.348 e. The van der Waals surface area contributed by atoms with Gasteiger partial charge in [-0.25, -0.2) is 8.78 Å². The molecule has 0 amide bonds. The van der Waals surface area contributed by atoms with Gasteiger partial charge in [0, 0.05) is 17.4 Å².